The molecule has 96 valence electrons. The maximum Gasteiger partial charge on any atom is 0.420 e. The van der Waals surface area contributed by atoms with Crippen LogP contribution in [0.4, 0.5) is 32.0 Å². The second-order valence-electron chi connectivity index (χ2n) is 3.13. The van der Waals surface area contributed by atoms with Crippen molar-refractivity contribution in [2.24, 2.45) is 0 Å². The van der Waals surface area contributed by atoms with Crippen molar-refractivity contribution in [3.8, 4) is 5.75 Å². The third-order valence-electron chi connectivity index (χ3n) is 2.02. The molecule has 0 aromatic heterocycles. The number of halogens is 6. The van der Waals surface area contributed by atoms with Gasteiger partial charge in [-0.2, -0.15) is 26.3 Å². The Morgan fingerprint density at radius 3 is 1.76 bits per heavy atom. The van der Waals surface area contributed by atoms with Crippen molar-refractivity contribution >= 4 is 5.69 Å². The highest BCUT2D eigenvalue weighted by molar-refractivity contribution is 5.61. The molecule has 0 saturated carbocycles. The minimum Gasteiger partial charge on any atom is -0.507 e. The van der Waals surface area contributed by atoms with Gasteiger partial charge < -0.3 is 10.4 Å². The van der Waals surface area contributed by atoms with E-state index >= 15 is 0 Å². The number of hydrogen-bond donors (Lipinski definition) is 2. The molecule has 8 heteroatoms. The van der Waals surface area contributed by atoms with E-state index < -0.39 is 34.9 Å². The zero-order valence-electron chi connectivity index (χ0n) is 8.37. The van der Waals surface area contributed by atoms with Gasteiger partial charge in [-0.15, -0.1) is 0 Å². The third kappa shape index (κ3) is 2.56. The Labute approximate surface area is 91.9 Å². The van der Waals surface area contributed by atoms with Crippen molar-refractivity contribution in [2.45, 2.75) is 12.4 Å². The van der Waals surface area contributed by atoms with Gasteiger partial charge in [0, 0.05) is 12.7 Å². The zero-order valence-corrected chi connectivity index (χ0v) is 8.37. The van der Waals surface area contributed by atoms with Gasteiger partial charge in [-0.25, -0.2) is 0 Å². The standard InChI is InChI=1S/C9H7F6NO/c1-16-4-2-3-5(17)7(9(13,14)15)6(4)8(10,11)12/h2-3,16-17H,1H3. The number of alkyl halides is 6. The Morgan fingerprint density at radius 1 is 0.941 bits per heavy atom. The van der Waals surface area contributed by atoms with Gasteiger partial charge in [0.05, 0.1) is 5.56 Å². The van der Waals surface area contributed by atoms with Gasteiger partial charge in [-0.05, 0) is 12.1 Å². The average molecular weight is 259 g/mol. The fourth-order valence-electron chi connectivity index (χ4n) is 1.38. The lowest BCUT2D eigenvalue weighted by Crippen LogP contribution is -2.18. The van der Waals surface area contributed by atoms with Crippen molar-refractivity contribution in [3.63, 3.8) is 0 Å². The maximum atomic E-state index is 12.6. The number of benzene rings is 1. The summed E-state index contributed by atoms with van der Waals surface area (Å²) in [6.07, 6.45) is -10.5. The molecule has 0 atom stereocenters. The lowest BCUT2D eigenvalue weighted by atomic mass is 10.0. The number of hydrogen-bond acceptors (Lipinski definition) is 2. The molecule has 0 amide bonds. The predicted octanol–water partition coefficient (Wildman–Crippen LogP) is 3.47. The monoisotopic (exact) mass is 259 g/mol. The van der Waals surface area contributed by atoms with Crippen LogP contribution in [-0.4, -0.2) is 12.2 Å². The summed E-state index contributed by atoms with van der Waals surface area (Å²) in [5.74, 6) is -1.45. The van der Waals surface area contributed by atoms with E-state index in [-0.39, 0.29) is 0 Å². The largest absolute Gasteiger partial charge is 0.507 e. The fourth-order valence-corrected chi connectivity index (χ4v) is 1.38. The molecule has 0 aliphatic heterocycles. The van der Waals surface area contributed by atoms with Crippen LogP contribution in [0.15, 0.2) is 12.1 Å². The summed E-state index contributed by atoms with van der Waals surface area (Å²) in [6.45, 7) is 0. The van der Waals surface area contributed by atoms with Crippen LogP contribution < -0.4 is 5.32 Å². The minimum atomic E-state index is -5.29. The SMILES string of the molecule is CNc1ccc(O)c(C(F)(F)F)c1C(F)(F)F. The van der Waals surface area contributed by atoms with Crippen molar-refractivity contribution in [3.05, 3.63) is 23.3 Å². The molecule has 1 rings (SSSR count). The van der Waals surface area contributed by atoms with Gasteiger partial charge in [0.15, 0.2) is 0 Å². The molecular weight excluding hydrogens is 252 g/mol. The lowest BCUT2D eigenvalue weighted by molar-refractivity contribution is -0.162. The van der Waals surface area contributed by atoms with Crippen LogP contribution in [0.1, 0.15) is 11.1 Å². The molecule has 0 aliphatic carbocycles. The first-order valence-electron chi connectivity index (χ1n) is 4.27. The summed E-state index contributed by atoms with van der Waals surface area (Å²) in [5, 5.41) is 11.0. The Morgan fingerprint density at radius 2 is 1.41 bits per heavy atom. The van der Waals surface area contributed by atoms with Gasteiger partial charge in [0.1, 0.15) is 11.3 Å². The Balaban J connectivity index is 3.67. The smallest absolute Gasteiger partial charge is 0.420 e. The topological polar surface area (TPSA) is 32.3 Å². The van der Waals surface area contributed by atoms with Crippen LogP contribution in [0.5, 0.6) is 5.75 Å². The van der Waals surface area contributed by atoms with E-state index in [2.05, 4.69) is 0 Å². The zero-order chi connectivity index (χ0) is 13.4. The molecule has 0 heterocycles. The van der Waals surface area contributed by atoms with Crippen LogP contribution in [0.2, 0.25) is 0 Å². The molecule has 2 nitrogen and oxygen atoms in total. The van der Waals surface area contributed by atoms with E-state index in [0.717, 1.165) is 13.1 Å². The summed E-state index contributed by atoms with van der Waals surface area (Å²) in [5.41, 5.74) is -4.76. The quantitative estimate of drug-likeness (QED) is 0.597. The molecular formula is C9H7F6NO. The highest BCUT2D eigenvalue weighted by Crippen LogP contribution is 2.47. The Hall–Kier alpha value is -1.60. The molecule has 2 N–H and O–H groups in total. The lowest BCUT2D eigenvalue weighted by Gasteiger charge is -2.19. The summed E-state index contributed by atoms with van der Waals surface area (Å²) in [7, 11) is 1.06. The fraction of sp³-hybridized carbons (Fsp3) is 0.333. The van der Waals surface area contributed by atoms with E-state index in [1.165, 1.54) is 0 Å². The van der Waals surface area contributed by atoms with Crippen molar-refractivity contribution < 1.29 is 31.4 Å². The van der Waals surface area contributed by atoms with Gasteiger partial charge in [-0.1, -0.05) is 0 Å². The molecule has 17 heavy (non-hydrogen) atoms. The predicted molar refractivity (Wildman–Crippen MR) is 47.7 cm³/mol. The van der Waals surface area contributed by atoms with E-state index in [1.54, 1.807) is 0 Å². The van der Waals surface area contributed by atoms with E-state index in [4.69, 9.17) is 5.11 Å². The van der Waals surface area contributed by atoms with E-state index in [0.29, 0.717) is 6.07 Å². The highest BCUT2D eigenvalue weighted by Gasteiger charge is 2.47. The van der Waals surface area contributed by atoms with Crippen molar-refractivity contribution in [1.82, 2.24) is 0 Å². The third-order valence-corrected chi connectivity index (χ3v) is 2.02. The molecule has 1 aromatic rings. The first-order valence-corrected chi connectivity index (χ1v) is 4.27. The second-order valence-corrected chi connectivity index (χ2v) is 3.13. The minimum absolute atomic E-state index is 0.559. The summed E-state index contributed by atoms with van der Waals surface area (Å²) in [4.78, 5) is 0. The normalized spacial score (nSPS) is 12.6. The van der Waals surface area contributed by atoms with Gasteiger partial charge in [-0.3, -0.25) is 0 Å². The van der Waals surface area contributed by atoms with Crippen LogP contribution in [0, 0.1) is 0 Å². The second kappa shape index (κ2) is 4.01. The highest BCUT2D eigenvalue weighted by atomic mass is 19.4. The Bertz CT molecular complexity index is 423. The van der Waals surface area contributed by atoms with E-state index in [1.807, 2.05) is 5.32 Å². The van der Waals surface area contributed by atoms with Crippen LogP contribution in [0.25, 0.3) is 0 Å². The van der Waals surface area contributed by atoms with Crippen molar-refractivity contribution in [2.75, 3.05) is 12.4 Å². The average Bonchev–Trinajstić information content (AvgIpc) is 2.13. The first-order chi connectivity index (χ1) is 7.59. The van der Waals surface area contributed by atoms with E-state index in [9.17, 15) is 26.3 Å². The van der Waals surface area contributed by atoms with Gasteiger partial charge >= 0.3 is 12.4 Å². The van der Waals surface area contributed by atoms with Gasteiger partial charge in [0.2, 0.25) is 0 Å². The van der Waals surface area contributed by atoms with Crippen LogP contribution in [0.3, 0.4) is 0 Å². The number of anilines is 1. The van der Waals surface area contributed by atoms with Crippen molar-refractivity contribution in [1.29, 1.82) is 0 Å². The number of phenolic OH excluding ortho intramolecular Hbond substituents is 1. The van der Waals surface area contributed by atoms with Crippen LogP contribution >= 0.6 is 0 Å². The molecule has 0 unspecified atom stereocenters. The molecule has 0 radical (unpaired) electrons. The number of rotatable bonds is 1. The summed E-state index contributed by atoms with van der Waals surface area (Å²) < 4.78 is 75.1. The number of phenols is 1. The molecule has 0 spiro atoms. The number of nitrogens with one attached hydrogen (secondary N) is 1. The van der Waals surface area contributed by atoms with Gasteiger partial charge in [0.25, 0.3) is 0 Å². The summed E-state index contributed by atoms with van der Waals surface area (Å²) in [6, 6.07) is 1.29. The molecule has 0 saturated heterocycles. The Kier molecular flexibility index (Phi) is 3.17. The molecule has 0 fully saturated rings. The van der Waals surface area contributed by atoms with Crippen LogP contribution in [-0.2, 0) is 12.4 Å². The molecule has 0 bridgehead atoms. The maximum absolute atomic E-state index is 12.6. The molecule has 1 aromatic carbocycles. The summed E-state index contributed by atoms with van der Waals surface area (Å²) >= 11 is 0. The molecule has 0 aliphatic rings. The number of aromatic hydroxyl groups is 1. The first kappa shape index (κ1) is 13.5.